The van der Waals surface area contributed by atoms with E-state index in [0.717, 1.165) is 12.8 Å². The van der Waals surface area contributed by atoms with Crippen molar-refractivity contribution in [3.63, 3.8) is 0 Å². The molecule has 0 saturated carbocycles. The Hall–Kier alpha value is -6.62. The zero-order valence-electron chi connectivity index (χ0n) is 29.8. The highest BCUT2D eigenvalue weighted by molar-refractivity contribution is 6.12. The summed E-state index contributed by atoms with van der Waals surface area (Å²) in [7, 11) is 0. The molecule has 2 unspecified atom stereocenters. The molecule has 1 fully saturated rings. The van der Waals surface area contributed by atoms with Crippen molar-refractivity contribution in [3.8, 4) is 16.8 Å². The molecule has 1 saturated heterocycles. The molecular formula is C50H38N4. The fourth-order valence-electron chi connectivity index (χ4n) is 8.84. The van der Waals surface area contributed by atoms with Crippen molar-refractivity contribution in [1.82, 2.24) is 14.6 Å². The van der Waals surface area contributed by atoms with Crippen LogP contribution in [0.1, 0.15) is 41.9 Å². The van der Waals surface area contributed by atoms with Crippen LogP contribution in [0.15, 0.2) is 188 Å². The Labute approximate surface area is 314 Å². The molecule has 2 aromatic heterocycles. The lowest BCUT2D eigenvalue weighted by atomic mass is 9.96. The predicted octanol–water partition coefficient (Wildman–Crippen LogP) is 12.2. The molecule has 7 aromatic carbocycles. The molecular weight excluding hydrogens is 657 g/mol. The third kappa shape index (κ3) is 4.88. The number of nitrogens with one attached hydrogen (secondary N) is 1. The van der Waals surface area contributed by atoms with E-state index in [0.29, 0.717) is 0 Å². The first kappa shape index (κ1) is 31.0. The van der Waals surface area contributed by atoms with Crippen molar-refractivity contribution < 1.29 is 0 Å². The summed E-state index contributed by atoms with van der Waals surface area (Å²) in [5.41, 5.74) is 13.5. The van der Waals surface area contributed by atoms with Crippen LogP contribution in [0.4, 0.5) is 0 Å². The van der Waals surface area contributed by atoms with Crippen LogP contribution in [0.3, 0.4) is 0 Å². The van der Waals surface area contributed by atoms with Gasteiger partial charge in [0, 0.05) is 27.2 Å². The lowest BCUT2D eigenvalue weighted by molar-refractivity contribution is 0.211. The van der Waals surface area contributed by atoms with E-state index in [4.69, 9.17) is 0 Å². The Morgan fingerprint density at radius 3 is 1.80 bits per heavy atom. The van der Waals surface area contributed by atoms with Crippen molar-refractivity contribution in [3.05, 3.63) is 205 Å². The van der Waals surface area contributed by atoms with Gasteiger partial charge in [-0.2, -0.15) is 0 Å². The number of allylic oxidation sites excluding steroid dienone is 4. The normalized spacial score (nSPS) is 17.0. The van der Waals surface area contributed by atoms with E-state index in [-0.39, 0.29) is 12.3 Å². The minimum Gasteiger partial charge on any atom is -0.309 e. The number of benzene rings is 7. The van der Waals surface area contributed by atoms with Crippen LogP contribution in [0, 0.1) is 0 Å². The van der Waals surface area contributed by atoms with Gasteiger partial charge in [-0.3, -0.25) is 15.0 Å². The average Bonchev–Trinajstić information content (AvgIpc) is 3.74. The Bertz CT molecular complexity index is 2930. The molecule has 4 nitrogen and oxygen atoms in total. The van der Waals surface area contributed by atoms with Gasteiger partial charge >= 0.3 is 0 Å². The molecule has 0 radical (unpaired) electrons. The third-order valence-electron chi connectivity index (χ3n) is 11.4. The van der Waals surface area contributed by atoms with E-state index in [2.05, 4.69) is 208 Å². The maximum atomic E-state index is 3.96. The molecule has 0 amide bonds. The molecule has 2 atom stereocenters. The molecule has 1 aliphatic carbocycles. The monoisotopic (exact) mass is 694 g/mol. The average molecular weight is 695 g/mol. The summed E-state index contributed by atoms with van der Waals surface area (Å²) in [6.45, 7) is 0. The van der Waals surface area contributed by atoms with Gasteiger partial charge in [-0.05, 0) is 101 Å². The number of nitrogens with zero attached hydrogens (tertiary/aromatic N) is 3. The summed E-state index contributed by atoms with van der Waals surface area (Å²) in [6, 6.07) is 62.2. The number of fused-ring (bicyclic) bond motifs is 6. The van der Waals surface area contributed by atoms with Gasteiger partial charge in [-0.25, -0.2) is 0 Å². The van der Waals surface area contributed by atoms with Crippen molar-refractivity contribution in [2.45, 2.75) is 25.2 Å². The molecule has 3 heterocycles. The van der Waals surface area contributed by atoms with Gasteiger partial charge in [0.1, 0.15) is 12.3 Å². The highest BCUT2D eigenvalue weighted by Crippen LogP contribution is 2.43. The van der Waals surface area contributed by atoms with Crippen LogP contribution in [0.5, 0.6) is 0 Å². The minimum absolute atomic E-state index is 0.00801. The first-order valence-corrected chi connectivity index (χ1v) is 19.0. The van der Waals surface area contributed by atoms with Gasteiger partial charge in [-0.1, -0.05) is 133 Å². The lowest BCUT2D eigenvalue weighted by Gasteiger charge is -2.52. The van der Waals surface area contributed by atoms with Gasteiger partial charge in [0.15, 0.2) is 0 Å². The molecule has 1 N–H and O–H groups in total. The number of hydrogen-bond acceptors (Lipinski definition) is 2. The molecule has 9 aromatic rings. The number of para-hydroxylation sites is 3. The van der Waals surface area contributed by atoms with Crippen LogP contribution in [0.2, 0.25) is 0 Å². The molecule has 0 bridgehead atoms. The van der Waals surface area contributed by atoms with E-state index in [1.54, 1.807) is 0 Å². The third-order valence-corrected chi connectivity index (χ3v) is 11.4. The Kier molecular flexibility index (Phi) is 7.17. The summed E-state index contributed by atoms with van der Waals surface area (Å²) in [6.07, 6.45) is 9.13. The quantitative estimate of drug-likeness (QED) is 0.187. The Morgan fingerprint density at radius 2 is 1.04 bits per heavy atom. The van der Waals surface area contributed by atoms with Gasteiger partial charge in [0.2, 0.25) is 0 Å². The summed E-state index contributed by atoms with van der Waals surface area (Å²) < 4.78 is 4.85. The fraction of sp³-hybridized carbons (Fsp3) is 0.0800. The molecule has 4 heteroatoms. The van der Waals surface area contributed by atoms with E-state index in [1.165, 1.54) is 82.7 Å². The van der Waals surface area contributed by atoms with E-state index in [9.17, 15) is 0 Å². The van der Waals surface area contributed by atoms with Gasteiger partial charge in [-0.15, -0.1) is 0 Å². The summed E-state index contributed by atoms with van der Waals surface area (Å²) in [4.78, 5) is 0. The van der Waals surface area contributed by atoms with Crippen LogP contribution in [-0.4, -0.2) is 9.24 Å². The van der Waals surface area contributed by atoms with Crippen LogP contribution >= 0.6 is 0 Å². The lowest BCUT2D eigenvalue weighted by Crippen LogP contribution is -2.62. The van der Waals surface area contributed by atoms with Gasteiger partial charge < -0.3 is 4.57 Å². The Morgan fingerprint density at radius 1 is 0.444 bits per heavy atom. The van der Waals surface area contributed by atoms with Crippen molar-refractivity contribution in [2.24, 2.45) is 0 Å². The van der Waals surface area contributed by atoms with Crippen molar-refractivity contribution in [2.75, 3.05) is 5.01 Å². The molecule has 258 valence electrons. The SMILES string of the molecule is C1=CC(c2cccc(C3NC(c4ccccc4)N3n3c4ccccc4c4cc(-c5ccc6c(c5)c5ccccc5n6-c5ccccc5)ccc43)c2)=CCC1. The maximum absolute atomic E-state index is 3.96. The number of rotatable bonds is 6. The first-order chi connectivity index (χ1) is 26.8. The van der Waals surface area contributed by atoms with Crippen molar-refractivity contribution >= 4 is 49.2 Å². The Balaban J connectivity index is 1.06. The van der Waals surface area contributed by atoms with Crippen LogP contribution in [0.25, 0.3) is 66.0 Å². The van der Waals surface area contributed by atoms with Crippen LogP contribution in [-0.2, 0) is 0 Å². The highest BCUT2D eigenvalue weighted by Gasteiger charge is 2.41. The molecule has 1 aliphatic heterocycles. The highest BCUT2D eigenvalue weighted by atomic mass is 15.7. The second-order valence-corrected chi connectivity index (χ2v) is 14.5. The largest absolute Gasteiger partial charge is 0.309 e. The summed E-state index contributed by atoms with van der Waals surface area (Å²) in [5, 5.41) is 11.5. The molecule has 11 rings (SSSR count). The smallest absolute Gasteiger partial charge is 0.125 e. The van der Waals surface area contributed by atoms with Gasteiger partial charge in [0.05, 0.1) is 22.1 Å². The molecule has 0 spiro atoms. The minimum atomic E-state index is -0.00801. The molecule has 2 aliphatic rings. The zero-order valence-corrected chi connectivity index (χ0v) is 29.8. The number of hydrogen-bond donors (Lipinski definition) is 1. The standard InChI is InChI=1S/C50H38N4/c1-4-15-34(16-5-1)36-19-14-20-39(31-36)50-51-49(35-17-6-2-7-18-35)54(50)53-47-26-13-11-24-42(47)44-33-38(28-30-48(44)53)37-27-29-46-43(32-37)41-23-10-12-25-45(41)52(46)40-21-8-3-9-22-40/h2-4,6-33,49-51H,1,5H2. The van der Waals surface area contributed by atoms with Crippen LogP contribution < -0.4 is 10.3 Å². The second kappa shape index (κ2) is 12.5. The molecule has 54 heavy (non-hydrogen) atoms. The number of aromatic nitrogens is 2. The predicted molar refractivity (Wildman–Crippen MR) is 225 cm³/mol. The topological polar surface area (TPSA) is 25.1 Å². The van der Waals surface area contributed by atoms with E-state index >= 15 is 0 Å². The van der Waals surface area contributed by atoms with Crippen molar-refractivity contribution in [1.29, 1.82) is 0 Å². The summed E-state index contributed by atoms with van der Waals surface area (Å²) >= 11 is 0. The zero-order chi connectivity index (χ0) is 35.6. The first-order valence-electron chi connectivity index (χ1n) is 19.0. The van der Waals surface area contributed by atoms with Gasteiger partial charge in [0.25, 0.3) is 0 Å². The van der Waals surface area contributed by atoms with E-state index in [1.807, 2.05) is 0 Å². The fourth-order valence-corrected chi connectivity index (χ4v) is 8.84. The maximum Gasteiger partial charge on any atom is 0.125 e. The second-order valence-electron chi connectivity index (χ2n) is 14.5. The van der Waals surface area contributed by atoms with E-state index < -0.39 is 0 Å². The summed E-state index contributed by atoms with van der Waals surface area (Å²) in [5.74, 6) is 0.